The van der Waals surface area contributed by atoms with Crippen LogP contribution in [-0.4, -0.2) is 32.2 Å². The number of hydrogen-bond acceptors (Lipinski definition) is 8. The number of amides is 1. The van der Waals surface area contributed by atoms with E-state index in [1.165, 1.54) is 25.3 Å². The van der Waals surface area contributed by atoms with Crippen molar-refractivity contribution in [3.05, 3.63) is 117 Å². The topological polar surface area (TPSA) is 116 Å². The van der Waals surface area contributed by atoms with Gasteiger partial charge in [-0.1, -0.05) is 36.4 Å². The molecule has 46 heavy (non-hydrogen) atoms. The van der Waals surface area contributed by atoms with Crippen LogP contribution in [0.1, 0.15) is 40.9 Å². The lowest BCUT2D eigenvalue weighted by Gasteiger charge is -2.16. The number of ether oxygens (including phenoxy) is 5. The highest BCUT2D eigenvalue weighted by Crippen LogP contribution is 2.39. The second-order valence-electron chi connectivity index (χ2n) is 9.73. The molecule has 9 nitrogen and oxygen atoms in total. The van der Waals surface area contributed by atoms with Gasteiger partial charge in [0.05, 0.1) is 30.4 Å². The first-order chi connectivity index (χ1) is 22.3. The maximum atomic E-state index is 12.9. The van der Waals surface area contributed by atoms with Crippen LogP contribution in [-0.2, 0) is 22.7 Å². The van der Waals surface area contributed by atoms with Crippen molar-refractivity contribution < 1.29 is 33.3 Å². The van der Waals surface area contributed by atoms with Gasteiger partial charge < -0.3 is 29.0 Å². The molecule has 0 atom stereocenters. The van der Waals surface area contributed by atoms with Crippen molar-refractivity contribution in [1.82, 2.24) is 0 Å². The smallest absolute Gasteiger partial charge is 0.337 e. The molecule has 1 amide bonds. The Bertz CT molecular complexity index is 1730. The number of nitrogens with zero attached hydrogens (tertiary/aromatic N) is 1. The Balaban J connectivity index is 1.49. The zero-order valence-corrected chi connectivity index (χ0v) is 27.3. The first-order valence-electron chi connectivity index (χ1n) is 14.5. The van der Waals surface area contributed by atoms with Crippen molar-refractivity contribution in [2.24, 2.45) is 0 Å². The minimum atomic E-state index is -0.607. The molecule has 0 fully saturated rings. The molecular weight excluding hydrogens is 652 g/mol. The van der Waals surface area contributed by atoms with E-state index in [-0.39, 0.29) is 12.2 Å². The van der Waals surface area contributed by atoms with Crippen LogP contribution >= 0.6 is 15.9 Å². The Morgan fingerprint density at radius 2 is 1.50 bits per heavy atom. The molecule has 0 radical (unpaired) electrons. The highest BCUT2D eigenvalue weighted by Gasteiger charge is 2.16. The molecule has 0 unspecified atom stereocenters. The van der Waals surface area contributed by atoms with Gasteiger partial charge in [0, 0.05) is 5.69 Å². The molecule has 4 aromatic carbocycles. The van der Waals surface area contributed by atoms with Crippen molar-refractivity contribution in [3.63, 3.8) is 0 Å². The molecule has 10 heteroatoms. The van der Waals surface area contributed by atoms with E-state index in [0.29, 0.717) is 64.1 Å². The Labute approximate surface area is 276 Å². The number of halogens is 1. The lowest BCUT2D eigenvalue weighted by molar-refractivity contribution is -0.112. The third kappa shape index (κ3) is 9.13. The number of anilines is 1. The van der Waals surface area contributed by atoms with E-state index >= 15 is 0 Å². The quantitative estimate of drug-likeness (QED) is 0.0815. The number of nitrogens with one attached hydrogen (secondary N) is 1. The van der Waals surface area contributed by atoms with Crippen LogP contribution in [0.4, 0.5) is 5.69 Å². The first-order valence-corrected chi connectivity index (χ1v) is 15.3. The van der Waals surface area contributed by atoms with E-state index in [1.807, 2.05) is 68.4 Å². The fraction of sp³-hybridized carbons (Fsp3) is 0.194. The van der Waals surface area contributed by atoms with E-state index in [4.69, 9.17) is 18.9 Å². The number of benzene rings is 4. The maximum absolute atomic E-state index is 12.9. The zero-order chi connectivity index (χ0) is 32.9. The summed E-state index contributed by atoms with van der Waals surface area (Å²) in [5, 5.41) is 12.4. The molecule has 236 valence electrons. The average Bonchev–Trinajstić information content (AvgIpc) is 3.07. The molecule has 0 aromatic heterocycles. The van der Waals surface area contributed by atoms with Crippen LogP contribution in [0.2, 0.25) is 0 Å². The van der Waals surface area contributed by atoms with Gasteiger partial charge in [0.15, 0.2) is 23.0 Å². The van der Waals surface area contributed by atoms with E-state index in [9.17, 15) is 14.9 Å². The lowest BCUT2D eigenvalue weighted by atomic mass is 10.1. The molecule has 0 spiro atoms. The predicted octanol–water partition coefficient (Wildman–Crippen LogP) is 7.74. The van der Waals surface area contributed by atoms with Gasteiger partial charge in [-0.25, -0.2) is 4.79 Å². The van der Waals surface area contributed by atoms with E-state index in [0.717, 1.165) is 11.1 Å². The summed E-state index contributed by atoms with van der Waals surface area (Å²) in [6.45, 7) is 5.24. The number of nitriles is 1. The second-order valence-corrected chi connectivity index (χ2v) is 10.6. The predicted molar refractivity (Wildman–Crippen MR) is 178 cm³/mol. The number of carbonyl (C=O) groups is 2. The largest absolute Gasteiger partial charge is 0.490 e. The van der Waals surface area contributed by atoms with Crippen LogP contribution in [0.3, 0.4) is 0 Å². The highest BCUT2D eigenvalue weighted by atomic mass is 79.9. The molecule has 0 saturated carbocycles. The van der Waals surface area contributed by atoms with Crippen LogP contribution < -0.4 is 24.3 Å². The standard InChI is InChI=1S/C36H33BrN2O7/c1-4-43-32-19-25(11-16-31(32)45-22-24-9-7-6-8-10-24)23-46-34-30(37)18-26(20-33(34)44-5-2)17-28(21-38)35(40)39-29-14-12-27(13-15-29)36(41)42-3/h6-20H,4-5,22-23H2,1-3H3,(H,39,40)/b28-17-. The van der Waals surface area contributed by atoms with Gasteiger partial charge in [-0.3, -0.25) is 4.79 Å². The van der Waals surface area contributed by atoms with Gasteiger partial charge in [0.25, 0.3) is 5.91 Å². The minimum absolute atomic E-state index is 0.127. The SMILES string of the molecule is CCOc1cc(COc2c(Br)cc(/C=C(/C#N)C(=O)Nc3ccc(C(=O)OC)cc3)cc2OCC)ccc1OCc1ccccc1. The van der Waals surface area contributed by atoms with Gasteiger partial charge in [0.1, 0.15) is 24.9 Å². The maximum Gasteiger partial charge on any atom is 0.337 e. The van der Waals surface area contributed by atoms with Gasteiger partial charge in [-0.05, 0) is 101 Å². The van der Waals surface area contributed by atoms with E-state index in [2.05, 4.69) is 26.0 Å². The highest BCUT2D eigenvalue weighted by molar-refractivity contribution is 9.10. The number of hydrogen-bond donors (Lipinski definition) is 1. The van der Waals surface area contributed by atoms with Crippen LogP contribution in [0, 0.1) is 11.3 Å². The summed E-state index contributed by atoms with van der Waals surface area (Å²) in [7, 11) is 1.29. The number of methoxy groups -OCH3 is 1. The Kier molecular flexibility index (Phi) is 12.2. The Hall–Kier alpha value is -5.27. The molecule has 4 aromatic rings. The van der Waals surface area contributed by atoms with Crippen molar-refractivity contribution in [3.8, 4) is 29.1 Å². The van der Waals surface area contributed by atoms with Crippen molar-refractivity contribution in [2.45, 2.75) is 27.1 Å². The minimum Gasteiger partial charge on any atom is -0.490 e. The van der Waals surface area contributed by atoms with E-state index < -0.39 is 11.9 Å². The number of esters is 1. The fourth-order valence-electron chi connectivity index (χ4n) is 4.32. The molecule has 0 aliphatic carbocycles. The molecule has 0 aliphatic rings. The molecule has 0 aliphatic heterocycles. The summed E-state index contributed by atoms with van der Waals surface area (Å²) >= 11 is 3.56. The third-order valence-electron chi connectivity index (χ3n) is 6.50. The second kappa shape index (κ2) is 16.7. The van der Waals surface area contributed by atoms with Crippen LogP contribution in [0.5, 0.6) is 23.0 Å². The van der Waals surface area contributed by atoms with Crippen LogP contribution in [0.25, 0.3) is 6.08 Å². The fourth-order valence-corrected chi connectivity index (χ4v) is 4.89. The van der Waals surface area contributed by atoms with Crippen molar-refractivity contribution >= 4 is 39.6 Å². The number of rotatable bonds is 14. The third-order valence-corrected chi connectivity index (χ3v) is 7.09. The molecule has 0 bridgehead atoms. The summed E-state index contributed by atoms with van der Waals surface area (Å²) in [6.07, 6.45) is 1.46. The van der Waals surface area contributed by atoms with Crippen molar-refractivity contribution in [1.29, 1.82) is 5.26 Å². The first kappa shape index (κ1) is 33.6. The average molecular weight is 686 g/mol. The van der Waals surface area contributed by atoms with Gasteiger partial charge in [-0.2, -0.15) is 5.26 Å². The summed E-state index contributed by atoms with van der Waals surface area (Å²) in [6, 6.07) is 27.1. The summed E-state index contributed by atoms with van der Waals surface area (Å²) < 4.78 is 29.2. The molecule has 0 saturated heterocycles. The summed E-state index contributed by atoms with van der Waals surface area (Å²) in [5.74, 6) is 1.06. The van der Waals surface area contributed by atoms with Crippen LogP contribution in [0.15, 0.2) is 95.0 Å². The van der Waals surface area contributed by atoms with E-state index in [1.54, 1.807) is 24.3 Å². The Morgan fingerprint density at radius 3 is 2.17 bits per heavy atom. The molecule has 4 rings (SSSR count). The zero-order valence-electron chi connectivity index (χ0n) is 25.7. The summed E-state index contributed by atoms with van der Waals surface area (Å²) in [4.78, 5) is 24.5. The molecular formula is C36H33BrN2O7. The molecule has 1 N–H and O–H groups in total. The lowest BCUT2D eigenvalue weighted by Crippen LogP contribution is -2.13. The van der Waals surface area contributed by atoms with Crippen molar-refractivity contribution in [2.75, 3.05) is 25.6 Å². The van der Waals surface area contributed by atoms with Gasteiger partial charge in [-0.15, -0.1) is 0 Å². The Morgan fingerprint density at radius 1 is 0.804 bits per heavy atom. The van der Waals surface area contributed by atoms with Gasteiger partial charge >= 0.3 is 5.97 Å². The molecule has 0 heterocycles. The van der Waals surface area contributed by atoms with Gasteiger partial charge in [0.2, 0.25) is 0 Å². The monoisotopic (exact) mass is 684 g/mol. The normalized spacial score (nSPS) is 10.8. The number of carbonyl (C=O) groups excluding carboxylic acids is 2. The summed E-state index contributed by atoms with van der Waals surface area (Å²) in [5.41, 5.74) is 3.09.